The first kappa shape index (κ1) is 15.8. The van der Waals surface area contributed by atoms with Crippen molar-refractivity contribution >= 4 is 5.69 Å². The molecule has 0 aliphatic carbocycles. The van der Waals surface area contributed by atoms with E-state index in [0.717, 1.165) is 11.3 Å². The number of benzene rings is 2. The maximum atomic E-state index is 11.1. The highest BCUT2D eigenvalue weighted by atomic mass is 16.6. The van der Waals surface area contributed by atoms with Gasteiger partial charge in [-0.1, -0.05) is 11.2 Å². The molecule has 2 heterocycles. The second-order valence-corrected chi connectivity index (χ2v) is 5.82. The number of aryl methyl sites for hydroxylation is 1. The first-order valence-electron chi connectivity index (χ1n) is 7.95. The van der Waals surface area contributed by atoms with Gasteiger partial charge in [0.05, 0.1) is 4.92 Å². The monoisotopic (exact) mass is 346 g/mol. The van der Waals surface area contributed by atoms with Gasteiger partial charge in [0.25, 0.3) is 11.6 Å². The molecule has 0 saturated heterocycles. The Morgan fingerprint density at radius 1 is 1.04 bits per heavy atom. The molecule has 0 aliphatic rings. The molecular formula is C19H14N4O3. The fourth-order valence-corrected chi connectivity index (χ4v) is 2.69. The Balaban J connectivity index is 1.64. The van der Waals surface area contributed by atoms with Crippen LogP contribution in [-0.4, -0.2) is 19.6 Å². The van der Waals surface area contributed by atoms with Crippen LogP contribution in [0.2, 0.25) is 0 Å². The molecule has 4 aromatic rings. The van der Waals surface area contributed by atoms with Gasteiger partial charge in [-0.05, 0) is 49.4 Å². The number of nitro groups is 1. The maximum Gasteiger partial charge on any atom is 0.273 e. The van der Waals surface area contributed by atoms with E-state index in [1.54, 1.807) is 19.1 Å². The van der Waals surface area contributed by atoms with Crippen LogP contribution in [0, 0.1) is 17.0 Å². The SMILES string of the molecule is Cc1ccc(-c2nc(-c3ccc(-n4cccc4)cc3)no2)cc1[N+](=O)[O-]. The van der Waals surface area contributed by atoms with Gasteiger partial charge in [-0.3, -0.25) is 10.1 Å². The highest BCUT2D eigenvalue weighted by Crippen LogP contribution is 2.27. The second-order valence-electron chi connectivity index (χ2n) is 5.82. The van der Waals surface area contributed by atoms with Crippen molar-refractivity contribution in [1.82, 2.24) is 14.7 Å². The predicted octanol–water partition coefficient (Wildman–Crippen LogP) is 4.41. The number of aromatic nitrogens is 3. The fraction of sp³-hybridized carbons (Fsp3) is 0.0526. The quantitative estimate of drug-likeness (QED) is 0.403. The van der Waals surface area contributed by atoms with Gasteiger partial charge in [0, 0.05) is 40.8 Å². The van der Waals surface area contributed by atoms with Crippen LogP contribution < -0.4 is 0 Å². The molecule has 0 N–H and O–H groups in total. The summed E-state index contributed by atoms with van der Waals surface area (Å²) in [5, 5.41) is 15.1. The normalized spacial score (nSPS) is 10.8. The Bertz CT molecular complexity index is 1070. The summed E-state index contributed by atoms with van der Waals surface area (Å²) in [5.41, 5.74) is 2.96. The van der Waals surface area contributed by atoms with E-state index in [-0.39, 0.29) is 11.6 Å². The van der Waals surface area contributed by atoms with Gasteiger partial charge in [-0.2, -0.15) is 4.98 Å². The number of nitrogens with zero attached hydrogens (tertiary/aromatic N) is 4. The first-order valence-corrected chi connectivity index (χ1v) is 7.95. The average Bonchev–Trinajstić information content (AvgIpc) is 3.34. The third-order valence-electron chi connectivity index (χ3n) is 4.11. The molecule has 7 heteroatoms. The van der Waals surface area contributed by atoms with Crippen molar-refractivity contribution in [3.8, 4) is 28.5 Å². The van der Waals surface area contributed by atoms with E-state index in [1.165, 1.54) is 6.07 Å². The van der Waals surface area contributed by atoms with Crippen molar-refractivity contribution in [2.45, 2.75) is 6.92 Å². The smallest absolute Gasteiger partial charge is 0.273 e. The summed E-state index contributed by atoms with van der Waals surface area (Å²) < 4.78 is 7.29. The Labute approximate surface area is 148 Å². The minimum absolute atomic E-state index is 0.0262. The molecule has 4 rings (SSSR count). The molecule has 0 amide bonds. The molecule has 0 unspecified atom stereocenters. The van der Waals surface area contributed by atoms with E-state index >= 15 is 0 Å². The van der Waals surface area contributed by atoms with E-state index in [0.29, 0.717) is 17.0 Å². The molecule has 0 fully saturated rings. The average molecular weight is 346 g/mol. The van der Waals surface area contributed by atoms with Gasteiger partial charge in [-0.15, -0.1) is 0 Å². The topological polar surface area (TPSA) is 87.0 Å². The molecule has 0 bridgehead atoms. The Hall–Kier alpha value is -3.74. The lowest BCUT2D eigenvalue weighted by Crippen LogP contribution is -1.92. The van der Waals surface area contributed by atoms with Gasteiger partial charge in [-0.25, -0.2) is 0 Å². The Morgan fingerprint density at radius 3 is 2.42 bits per heavy atom. The Kier molecular flexibility index (Phi) is 3.81. The zero-order valence-electron chi connectivity index (χ0n) is 13.9. The molecule has 0 radical (unpaired) electrons. The van der Waals surface area contributed by atoms with Gasteiger partial charge in [0.15, 0.2) is 0 Å². The molecule has 0 aliphatic heterocycles. The Morgan fingerprint density at radius 2 is 1.73 bits per heavy atom. The van der Waals surface area contributed by atoms with Gasteiger partial charge >= 0.3 is 0 Å². The predicted molar refractivity (Wildman–Crippen MR) is 95.9 cm³/mol. The molecule has 2 aromatic carbocycles. The van der Waals surface area contributed by atoms with E-state index in [1.807, 2.05) is 53.4 Å². The van der Waals surface area contributed by atoms with E-state index in [4.69, 9.17) is 4.52 Å². The summed E-state index contributed by atoms with van der Waals surface area (Å²) in [6.07, 6.45) is 3.93. The second kappa shape index (κ2) is 6.29. The van der Waals surface area contributed by atoms with Crippen LogP contribution in [0.1, 0.15) is 5.56 Å². The summed E-state index contributed by atoms with van der Waals surface area (Å²) in [7, 11) is 0. The number of nitro benzene ring substituents is 1. The van der Waals surface area contributed by atoms with Crippen LogP contribution in [0.3, 0.4) is 0 Å². The molecular weight excluding hydrogens is 332 g/mol. The van der Waals surface area contributed by atoms with E-state index in [9.17, 15) is 10.1 Å². The van der Waals surface area contributed by atoms with Crippen molar-refractivity contribution < 1.29 is 9.45 Å². The van der Waals surface area contributed by atoms with Crippen molar-refractivity contribution in [3.63, 3.8) is 0 Å². The zero-order valence-corrected chi connectivity index (χ0v) is 13.9. The van der Waals surface area contributed by atoms with Crippen molar-refractivity contribution in [1.29, 1.82) is 0 Å². The minimum Gasteiger partial charge on any atom is -0.334 e. The third-order valence-corrected chi connectivity index (χ3v) is 4.11. The fourth-order valence-electron chi connectivity index (χ4n) is 2.69. The highest BCUT2D eigenvalue weighted by Gasteiger charge is 2.16. The standard InChI is InChI=1S/C19H14N4O3/c1-13-4-5-15(12-17(13)23(24)25)19-20-18(21-26-19)14-6-8-16(9-7-14)22-10-2-3-11-22/h2-12H,1H3. The van der Waals surface area contributed by atoms with Crippen LogP contribution >= 0.6 is 0 Å². The first-order chi connectivity index (χ1) is 12.6. The molecule has 7 nitrogen and oxygen atoms in total. The molecule has 128 valence electrons. The minimum atomic E-state index is -0.421. The lowest BCUT2D eigenvalue weighted by Gasteiger charge is -2.02. The molecule has 0 atom stereocenters. The zero-order chi connectivity index (χ0) is 18.1. The summed E-state index contributed by atoms with van der Waals surface area (Å²) >= 11 is 0. The van der Waals surface area contributed by atoms with Crippen LogP contribution in [0.25, 0.3) is 28.5 Å². The van der Waals surface area contributed by atoms with E-state index < -0.39 is 4.92 Å². The van der Waals surface area contributed by atoms with Gasteiger partial charge in [0.1, 0.15) is 0 Å². The molecule has 0 saturated carbocycles. The van der Waals surface area contributed by atoms with Crippen molar-refractivity contribution in [3.05, 3.63) is 82.7 Å². The summed E-state index contributed by atoms with van der Waals surface area (Å²) in [5.74, 6) is 0.680. The van der Waals surface area contributed by atoms with Crippen LogP contribution in [0.5, 0.6) is 0 Å². The van der Waals surface area contributed by atoms with Crippen molar-refractivity contribution in [2.24, 2.45) is 0 Å². The van der Waals surface area contributed by atoms with Crippen LogP contribution in [0.4, 0.5) is 5.69 Å². The summed E-state index contributed by atoms with van der Waals surface area (Å²) in [6, 6.07) is 16.5. The molecule has 26 heavy (non-hydrogen) atoms. The van der Waals surface area contributed by atoms with Gasteiger partial charge < -0.3 is 9.09 Å². The largest absolute Gasteiger partial charge is 0.334 e. The number of hydrogen-bond donors (Lipinski definition) is 0. The lowest BCUT2D eigenvalue weighted by atomic mass is 10.1. The summed E-state index contributed by atoms with van der Waals surface area (Å²) in [6.45, 7) is 1.69. The van der Waals surface area contributed by atoms with E-state index in [2.05, 4.69) is 10.1 Å². The van der Waals surface area contributed by atoms with Crippen LogP contribution in [0.15, 0.2) is 71.5 Å². The molecule has 2 aromatic heterocycles. The summed E-state index contributed by atoms with van der Waals surface area (Å²) in [4.78, 5) is 15.0. The number of hydrogen-bond acceptors (Lipinski definition) is 5. The highest BCUT2D eigenvalue weighted by molar-refractivity contribution is 5.63. The molecule has 0 spiro atoms. The van der Waals surface area contributed by atoms with Gasteiger partial charge in [0.2, 0.25) is 5.82 Å². The van der Waals surface area contributed by atoms with Crippen LogP contribution in [-0.2, 0) is 0 Å². The van der Waals surface area contributed by atoms with Crippen molar-refractivity contribution in [2.75, 3.05) is 0 Å². The lowest BCUT2D eigenvalue weighted by molar-refractivity contribution is -0.385. The third kappa shape index (κ3) is 2.86. The number of rotatable bonds is 4. The maximum absolute atomic E-state index is 11.1.